The van der Waals surface area contributed by atoms with Crippen molar-refractivity contribution in [3.8, 4) is 0 Å². The van der Waals surface area contributed by atoms with E-state index >= 15 is 0 Å². The van der Waals surface area contributed by atoms with Gasteiger partial charge >= 0.3 is 0 Å². The standard InChI is InChI=1S/C14H20ClSi/c1-3-5-7-11-9-10-13(16)14(15)12(11)8-6-4-2/h9-10H,3-8H2,1-2H3. The van der Waals surface area contributed by atoms with E-state index < -0.39 is 0 Å². The SMILES string of the molecule is CCCCc1ccc([Si])c(Cl)c1CCCC. The summed E-state index contributed by atoms with van der Waals surface area (Å²) in [6.45, 7) is 4.45. The number of hydrogen-bond acceptors (Lipinski definition) is 0. The Morgan fingerprint density at radius 2 is 1.69 bits per heavy atom. The van der Waals surface area contributed by atoms with Crippen molar-refractivity contribution in [2.24, 2.45) is 0 Å². The molecule has 1 aromatic rings. The predicted octanol–water partition coefficient (Wildman–Crippen LogP) is 3.82. The van der Waals surface area contributed by atoms with Gasteiger partial charge < -0.3 is 0 Å². The van der Waals surface area contributed by atoms with Crippen molar-refractivity contribution >= 4 is 27.0 Å². The first kappa shape index (κ1) is 13.8. The Morgan fingerprint density at radius 1 is 1.06 bits per heavy atom. The average Bonchev–Trinajstić information content (AvgIpc) is 2.29. The lowest BCUT2D eigenvalue weighted by Crippen LogP contribution is -2.09. The van der Waals surface area contributed by atoms with Gasteiger partial charge in [-0.25, -0.2) is 0 Å². The highest BCUT2D eigenvalue weighted by molar-refractivity contribution is 6.45. The van der Waals surface area contributed by atoms with Crippen LogP contribution in [0.1, 0.15) is 50.7 Å². The van der Waals surface area contributed by atoms with E-state index in [4.69, 9.17) is 11.6 Å². The lowest BCUT2D eigenvalue weighted by molar-refractivity contribution is 0.759. The van der Waals surface area contributed by atoms with Crippen LogP contribution < -0.4 is 5.19 Å². The monoisotopic (exact) mass is 251 g/mol. The molecular weight excluding hydrogens is 232 g/mol. The van der Waals surface area contributed by atoms with Crippen LogP contribution >= 0.6 is 11.6 Å². The summed E-state index contributed by atoms with van der Waals surface area (Å²) in [6, 6.07) is 4.29. The number of halogens is 1. The summed E-state index contributed by atoms with van der Waals surface area (Å²) in [6.07, 6.45) is 7.18. The summed E-state index contributed by atoms with van der Waals surface area (Å²) in [5.41, 5.74) is 2.78. The molecule has 0 aromatic heterocycles. The molecule has 0 bridgehead atoms. The fourth-order valence-electron chi connectivity index (χ4n) is 1.89. The summed E-state index contributed by atoms with van der Waals surface area (Å²) < 4.78 is 0. The van der Waals surface area contributed by atoms with Crippen LogP contribution in [0.5, 0.6) is 0 Å². The zero-order chi connectivity index (χ0) is 12.0. The highest BCUT2D eigenvalue weighted by atomic mass is 35.5. The number of rotatable bonds is 6. The number of hydrogen-bond donors (Lipinski definition) is 0. The summed E-state index contributed by atoms with van der Waals surface area (Å²) in [7, 11) is 3.56. The van der Waals surface area contributed by atoms with E-state index in [-0.39, 0.29) is 0 Å². The molecule has 0 unspecified atom stereocenters. The van der Waals surface area contributed by atoms with Crippen LogP contribution in [0.2, 0.25) is 5.02 Å². The molecule has 0 nitrogen and oxygen atoms in total. The molecule has 0 aliphatic carbocycles. The summed E-state index contributed by atoms with van der Waals surface area (Å²) in [5, 5.41) is 1.94. The van der Waals surface area contributed by atoms with E-state index in [1.807, 2.05) is 0 Å². The molecule has 0 saturated carbocycles. The molecule has 1 rings (SSSR count). The Balaban J connectivity index is 2.91. The minimum Gasteiger partial charge on any atom is -0.0842 e. The smallest absolute Gasteiger partial charge is 0.0733 e. The van der Waals surface area contributed by atoms with Gasteiger partial charge in [-0.3, -0.25) is 0 Å². The summed E-state index contributed by atoms with van der Waals surface area (Å²) in [4.78, 5) is 0. The maximum atomic E-state index is 6.36. The van der Waals surface area contributed by atoms with Gasteiger partial charge in [0.15, 0.2) is 0 Å². The van der Waals surface area contributed by atoms with Gasteiger partial charge in [0, 0.05) is 5.02 Å². The first-order valence-electron chi connectivity index (χ1n) is 6.22. The van der Waals surface area contributed by atoms with Crippen LogP contribution in [0.3, 0.4) is 0 Å². The van der Waals surface area contributed by atoms with Crippen molar-refractivity contribution in [2.45, 2.75) is 52.4 Å². The van der Waals surface area contributed by atoms with Crippen LogP contribution in [0.25, 0.3) is 0 Å². The van der Waals surface area contributed by atoms with E-state index in [0.717, 1.165) is 23.1 Å². The normalized spacial score (nSPS) is 10.8. The molecule has 0 aliphatic rings. The molecule has 0 spiro atoms. The van der Waals surface area contributed by atoms with Crippen LogP contribution in [-0.2, 0) is 12.8 Å². The molecule has 0 amide bonds. The molecule has 0 atom stereocenters. The average molecular weight is 252 g/mol. The molecule has 87 valence electrons. The van der Waals surface area contributed by atoms with Gasteiger partial charge in [0.2, 0.25) is 0 Å². The Hall–Kier alpha value is -0.273. The molecule has 1 aromatic carbocycles. The van der Waals surface area contributed by atoms with Crippen LogP contribution in [0.15, 0.2) is 12.1 Å². The maximum Gasteiger partial charge on any atom is 0.0733 e. The van der Waals surface area contributed by atoms with Crippen molar-refractivity contribution in [2.75, 3.05) is 0 Å². The molecule has 0 heterocycles. The van der Waals surface area contributed by atoms with Gasteiger partial charge in [0.1, 0.15) is 0 Å². The number of aryl methyl sites for hydroxylation is 1. The zero-order valence-electron chi connectivity index (χ0n) is 10.3. The molecule has 0 N–H and O–H groups in total. The summed E-state index contributed by atoms with van der Waals surface area (Å²) >= 11 is 6.36. The van der Waals surface area contributed by atoms with Crippen molar-refractivity contribution in [3.05, 3.63) is 28.3 Å². The first-order chi connectivity index (χ1) is 7.70. The second-order valence-electron chi connectivity index (χ2n) is 4.27. The molecule has 0 fully saturated rings. The Morgan fingerprint density at radius 3 is 2.31 bits per heavy atom. The molecule has 0 aliphatic heterocycles. The maximum absolute atomic E-state index is 6.36. The molecule has 16 heavy (non-hydrogen) atoms. The van der Waals surface area contributed by atoms with Crippen LogP contribution in [0.4, 0.5) is 0 Å². The van der Waals surface area contributed by atoms with Crippen LogP contribution in [-0.4, -0.2) is 10.2 Å². The van der Waals surface area contributed by atoms with E-state index in [2.05, 4.69) is 36.2 Å². The Bertz CT molecular complexity index is 334. The fraction of sp³-hybridized carbons (Fsp3) is 0.571. The van der Waals surface area contributed by atoms with E-state index in [0.29, 0.717) is 0 Å². The van der Waals surface area contributed by atoms with E-state index in [1.54, 1.807) is 0 Å². The molecule has 2 heteroatoms. The topological polar surface area (TPSA) is 0 Å². The highest BCUT2D eigenvalue weighted by Gasteiger charge is 2.08. The molecule has 0 saturated heterocycles. The second kappa shape index (κ2) is 7.13. The quantitative estimate of drug-likeness (QED) is 0.675. The third kappa shape index (κ3) is 3.64. The van der Waals surface area contributed by atoms with Gasteiger partial charge in [0.05, 0.1) is 10.2 Å². The van der Waals surface area contributed by atoms with Gasteiger partial charge in [-0.1, -0.05) is 50.4 Å². The van der Waals surface area contributed by atoms with E-state index in [9.17, 15) is 0 Å². The third-order valence-corrected chi connectivity index (χ3v) is 3.93. The predicted molar refractivity (Wildman–Crippen MR) is 74.1 cm³/mol. The second-order valence-corrected chi connectivity index (χ2v) is 5.19. The lowest BCUT2D eigenvalue weighted by atomic mass is 9.98. The summed E-state index contributed by atoms with van der Waals surface area (Å²) in [5.74, 6) is 0. The van der Waals surface area contributed by atoms with Crippen molar-refractivity contribution < 1.29 is 0 Å². The zero-order valence-corrected chi connectivity index (χ0v) is 12.0. The minimum absolute atomic E-state index is 0.915. The van der Waals surface area contributed by atoms with Gasteiger partial charge in [-0.05, 0) is 42.0 Å². The molecular formula is C14H20ClSi. The first-order valence-corrected chi connectivity index (χ1v) is 7.10. The third-order valence-electron chi connectivity index (χ3n) is 2.92. The van der Waals surface area contributed by atoms with E-state index in [1.165, 1.54) is 36.8 Å². The number of benzene rings is 1. The van der Waals surface area contributed by atoms with Gasteiger partial charge in [0.25, 0.3) is 0 Å². The Labute approximate surface area is 108 Å². The number of unbranched alkanes of at least 4 members (excludes halogenated alkanes) is 2. The van der Waals surface area contributed by atoms with Crippen LogP contribution in [0, 0.1) is 0 Å². The van der Waals surface area contributed by atoms with Crippen molar-refractivity contribution in [1.29, 1.82) is 0 Å². The van der Waals surface area contributed by atoms with Crippen molar-refractivity contribution in [3.63, 3.8) is 0 Å². The fourth-order valence-corrected chi connectivity index (χ4v) is 2.40. The lowest BCUT2D eigenvalue weighted by Gasteiger charge is -2.13. The molecule has 3 radical (unpaired) electrons. The minimum atomic E-state index is 0.915. The largest absolute Gasteiger partial charge is 0.0842 e. The Kier molecular flexibility index (Phi) is 6.15. The van der Waals surface area contributed by atoms with Crippen molar-refractivity contribution in [1.82, 2.24) is 0 Å². The van der Waals surface area contributed by atoms with Gasteiger partial charge in [-0.15, -0.1) is 0 Å². The highest BCUT2D eigenvalue weighted by Crippen LogP contribution is 2.22. The van der Waals surface area contributed by atoms with Gasteiger partial charge in [-0.2, -0.15) is 0 Å².